The predicted octanol–water partition coefficient (Wildman–Crippen LogP) is 2.59. The van der Waals surface area contributed by atoms with E-state index in [1.165, 1.54) is 24.4 Å². The van der Waals surface area contributed by atoms with Gasteiger partial charge in [0.05, 0.1) is 6.04 Å². The van der Waals surface area contributed by atoms with Gasteiger partial charge in [-0.05, 0) is 31.7 Å². The van der Waals surface area contributed by atoms with Crippen LogP contribution in [0.5, 0.6) is 0 Å². The summed E-state index contributed by atoms with van der Waals surface area (Å²) in [7, 11) is 0. The molecule has 2 rings (SSSR count). The quantitative estimate of drug-likeness (QED) is 0.783. The predicted molar refractivity (Wildman–Crippen MR) is 55.9 cm³/mol. The summed E-state index contributed by atoms with van der Waals surface area (Å²) in [4.78, 5) is 4.34. The second-order valence-corrected chi connectivity index (χ2v) is 4.61. The van der Waals surface area contributed by atoms with Crippen LogP contribution in [0, 0.1) is 5.92 Å². The lowest BCUT2D eigenvalue weighted by molar-refractivity contribution is 0.500. The van der Waals surface area contributed by atoms with E-state index in [4.69, 9.17) is 0 Å². The zero-order valence-electron chi connectivity index (χ0n) is 7.99. The van der Waals surface area contributed by atoms with Crippen molar-refractivity contribution in [1.82, 2.24) is 10.3 Å². The first-order valence-corrected chi connectivity index (χ1v) is 5.91. The van der Waals surface area contributed by atoms with Crippen LogP contribution in [0.25, 0.3) is 0 Å². The Morgan fingerprint density at radius 1 is 1.69 bits per heavy atom. The highest BCUT2D eigenvalue weighted by molar-refractivity contribution is 7.09. The molecule has 0 aromatic carbocycles. The van der Waals surface area contributed by atoms with Gasteiger partial charge < -0.3 is 5.32 Å². The van der Waals surface area contributed by atoms with Crippen molar-refractivity contribution in [2.75, 3.05) is 6.54 Å². The van der Waals surface area contributed by atoms with Gasteiger partial charge in [0.2, 0.25) is 0 Å². The Balaban J connectivity index is 1.85. The molecule has 1 aliphatic carbocycles. The van der Waals surface area contributed by atoms with Gasteiger partial charge in [0.15, 0.2) is 0 Å². The maximum absolute atomic E-state index is 4.34. The fraction of sp³-hybridized carbons (Fsp3) is 0.700. The Hall–Kier alpha value is -0.410. The number of rotatable bonds is 5. The lowest BCUT2D eigenvalue weighted by atomic mass is 10.2. The molecule has 2 nitrogen and oxygen atoms in total. The summed E-state index contributed by atoms with van der Waals surface area (Å²) in [6, 6.07) is 0.487. The molecule has 0 aliphatic heterocycles. The van der Waals surface area contributed by atoms with E-state index < -0.39 is 0 Å². The first-order chi connectivity index (χ1) is 6.40. The van der Waals surface area contributed by atoms with Gasteiger partial charge in [-0.25, -0.2) is 4.98 Å². The largest absolute Gasteiger partial charge is 0.308 e. The molecule has 1 aromatic rings. The fourth-order valence-electron chi connectivity index (χ4n) is 1.44. The van der Waals surface area contributed by atoms with E-state index >= 15 is 0 Å². The van der Waals surface area contributed by atoms with Crippen LogP contribution in [0.1, 0.15) is 37.2 Å². The molecule has 72 valence electrons. The van der Waals surface area contributed by atoms with E-state index in [0.29, 0.717) is 6.04 Å². The second kappa shape index (κ2) is 4.20. The number of hydrogen-bond donors (Lipinski definition) is 1. The third kappa shape index (κ3) is 2.51. The summed E-state index contributed by atoms with van der Waals surface area (Å²) in [5.41, 5.74) is 0. The molecule has 1 aromatic heterocycles. The number of thiazole rings is 1. The summed E-state index contributed by atoms with van der Waals surface area (Å²) < 4.78 is 0. The standard InChI is InChI=1S/C10H16N2S/c1-2-9(10-11-5-6-13-10)12-7-8-3-4-8/h5-6,8-9,12H,2-4,7H2,1H3. The van der Waals surface area contributed by atoms with Crippen molar-refractivity contribution in [3.63, 3.8) is 0 Å². The summed E-state index contributed by atoms with van der Waals surface area (Å²) in [5.74, 6) is 0.953. The van der Waals surface area contributed by atoms with Gasteiger partial charge in [-0.2, -0.15) is 0 Å². The van der Waals surface area contributed by atoms with E-state index in [-0.39, 0.29) is 0 Å². The number of hydrogen-bond acceptors (Lipinski definition) is 3. The van der Waals surface area contributed by atoms with Crippen LogP contribution in [0.15, 0.2) is 11.6 Å². The molecule has 1 fully saturated rings. The molecule has 1 unspecified atom stereocenters. The summed E-state index contributed by atoms with van der Waals surface area (Å²) in [5, 5.41) is 6.87. The number of aromatic nitrogens is 1. The van der Waals surface area contributed by atoms with Crippen molar-refractivity contribution in [3.05, 3.63) is 16.6 Å². The van der Waals surface area contributed by atoms with Crippen molar-refractivity contribution < 1.29 is 0 Å². The van der Waals surface area contributed by atoms with Crippen molar-refractivity contribution in [3.8, 4) is 0 Å². The van der Waals surface area contributed by atoms with Gasteiger partial charge in [0.1, 0.15) is 5.01 Å². The van der Waals surface area contributed by atoms with Crippen molar-refractivity contribution in [2.24, 2.45) is 5.92 Å². The summed E-state index contributed by atoms with van der Waals surface area (Å²) in [6.07, 6.45) is 5.87. The van der Waals surface area contributed by atoms with E-state index in [9.17, 15) is 0 Å². The van der Waals surface area contributed by atoms with Crippen LogP contribution in [0.2, 0.25) is 0 Å². The zero-order valence-corrected chi connectivity index (χ0v) is 8.81. The highest BCUT2D eigenvalue weighted by Crippen LogP contribution is 2.29. The fourth-order valence-corrected chi connectivity index (χ4v) is 2.24. The Kier molecular flexibility index (Phi) is 2.96. The first-order valence-electron chi connectivity index (χ1n) is 5.03. The highest BCUT2D eigenvalue weighted by atomic mass is 32.1. The number of nitrogens with zero attached hydrogens (tertiary/aromatic N) is 1. The molecule has 3 heteroatoms. The van der Waals surface area contributed by atoms with Crippen LogP contribution in [-0.4, -0.2) is 11.5 Å². The smallest absolute Gasteiger partial charge is 0.109 e. The molecular formula is C10H16N2S. The minimum Gasteiger partial charge on any atom is -0.308 e. The Labute approximate surface area is 83.4 Å². The third-order valence-corrected chi connectivity index (χ3v) is 3.40. The van der Waals surface area contributed by atoms with Gasteiger partial charge in [-0.1, -0.05) is 6.92 Å². The normalized spacial score (nSPS) is 18.8. The molecule has 1 atom stereocenters. The Morgan fingerprint density at radius 3 is 3.08 bits per heavy atom. The average Bonchev–Trinajstić information content (AvgIpc) is 2.81. The molecule has 0 bridgehead atoms. The van der Waals surface area contributed by atoms with E-state index in [2.05, 4.69) is 22.6 Å². The van der Waals surface area contributed by atoms with E-state index in [1.54, 1.807) is 11.3 Å². The molecular weight excluding hydrogens is 180 g/mol. The zero-order chi connectivity index (χ0) is 9.10. The number of nitrogens with one attached hydrogen (secondary N) is 1. The van der Waals surface area contributed by atoms with Gasteiger partial charge in [-0.3, -0.25) is 0 Å². The lowest BCUT2D eigenvalue weighted by Gasteiger charge is -2.13. The molecule has 1 saturated carbocycles. The first kappa shape index (κ1) is 9.16. The van der Waals surface area contributed by atoms with Crippen molar-refractivity contribution in [2.45, 2.75) is 32.2 Å². The summed E-state index contributed by atoms with van der Waals surface area (Å²) in [6.45, 7) is 3.39. The maximum atomic E-state index is 4.34. The van der Waals surface area contributed by atoms with E-state index in [1.807, 2.05) is 6.20 Å². The highest BCUT2D eigenvalue weighted by Gasteiger charge is 2.22. The molecule has 0 spiro atoms. The molecule has 1 aliphatic rings. The minimum absolute atomic E-state index is 0.487. The maximum Gasteiger partial charge on any atom is 0.109 e. The Bertz CT molecular complexity index is 241. The second-order valence-electron chi connectivity index (χ2n) is 3.68. The molecule has 0 radical (unpaired) electrons. The lowest BCUT2D eigenvalue weighted by Crippen LogP contribution is -2.22. The topological polar surface area (TPSA) is 24.9 Å². The van der Waals surface area contributed by atoms with Gasteiger partial charge >= 0.3 is 0 Å². The average molecular weight is 196 g/mol. The van der Waals surface area contributed by atoms with Crippen LogP contribution in [0.3, 0.4) is 0 Å². The molecule has 1 N–H and O–H groups in total. The van der Waals surface area contributed by atoms with Crippen molar-refractivity contribution in [1.29, 1.82) is 0 Å². The van der Waals surface area contributed by atoms with Crippen LogP contribution < -0.4 is 5.32 Å². The SMILES string of the molecule is CCC(NCC1CC1)c1nccs1. The molecule has 0 saturated heterocycles. The van der Waals surface area contributed by atoms with Gasteiger partial charge in [0, 0.05) is 11.6 Å². The van der Waals surface area contributed by atoms with Crippen LogP contribution >= 0.6 is 11.3 Å². The minimum atomic E-state index is 0.487. The van der Waals surface area contributed by atoms with Crippen LogP contribution in [0.4, 0.5) is 0 Å². The molecule has 0 amide bonds. The summed E-state index contributed by atoms with van der Waals surface area (Å²) >= 11 is 1.75. The third-order valence-electron chi connectivity index (χ3n) is 2.51. The van der Waals surface area contributed by atoms with E-state index in [0.717, 1.165) is 12.3 Å². The Morgan fingerprint density at radius 2 is 2.54 bits per heavy atom. The monoisotopic (exact) mass is 196 g/mol. The van der Waals surface area contributed by atoms with Crippen molar-refractivity contribution >= 4 is 11.3 Å². The van der Waals surface area contributed by atoms with Crippen LogP contribution in [-0.2, 0) is 0 Å². The van der Waals surface area contributed by atoms with Gasteiger partial charge in [-0.15, -0.1) is 11.3 Å². The van der Waals surface area contributed by atoms with Gasteiger partial charge in [0.25, 0.3) is 0 Å². The molecule has 1 heterocycles. The molecule has 13 heavy (non-hydrogen) atoms.